The number of carbonyl (C=O) groups is 1. The minimum Gasteiger partial charge on any atom is -0.462 e. The smallest absolute Gasteiger partial charge is 0.388 e. The van der Waals surface area contributed by atoms with Crippen molar-refractivity contribution in [2.75, 3.05) is 6.61 Å². The van der Waals surface area contributed by atoms with Crippen molar-refractivity contribution in [2.45, 2.75) is 230 Å². The molecule has 53 heavy (non-hydrogen) atoms. The van der Waals surface area contributed by atoms with Crippen LogP contribution in [0.4, 0.5) is 26.3 Å². The predicted molar refractivity (Wildman–Crippen MR) is 217 cm³/mol. The van der Waals surface area contributed by atoms with E-state index in [2.05, 4.69) is 54.7 Å². The Morgan fingerprint density at radius 2 is 0.943 bits per heavy atom. The number of unbranched alkanes of at least 4 members (excludes halogenated alkanes) is 2. The van der Waals surface area contributed by atoms with Gasteiger partial charge in [-0.25, -0.2) is 4.79 Å². The third-order valence-electron chi connectivity index (χ3n) is 14.0. The molecular formula is C40H78F6O4Si3. The van der Waals surface area contributed by atoms with Crippen LogP contribution in [-0.4, -0.2) is 60.1 Å². The van der Waals surface area contributed by atoms with Crippen molar-refractivity contribution in [3.05, 3.63) is 12.2 Å². The van der Waals surface area contributed by atoms with Crippen LogP contribution in [0.3, 0.4) is 0 Å². The highest BCUT2D eigenvalue weighted by atomic mass is 28.4. The summed E-state index contributed by atoms with van der Waals surface area (Å²) in [6, 6.07) is 0.398. The summed E-state index contributed by atoms with van der Waals surface area (Å²) in [5.41, 5.74) is 0.281. The number of hydrogen-bond donors (Lipinski definition) is 0. The number of rotatable bonds is 27. The summed E-state index contributed by atoms with van der Waals surface area (Å²) >= 11 is 0. The summed E-state index contributed by atoms with van der Waals surface area (Å²) in [4.78, 5) is 12.4. The van der Waals surface area contributed by atoms with E-state index in [1.165, 1.54) is 0 Å². The molecule has 0 heterocycles. The molecule has 0 spiro atoms. The van der Waals surface area contributed by atoms with E-state index < -0.39 is 76.4 Å². The molecule has 0 aromatic carbocycles. The molecule has 5 unspecified atom stereocenters. The molecule has 0 aliphatic rings. The molecule has 0 N–H and O–H groups in total. The maximum atomic E-state index is 14.1. The molecule has 0 rings (SSSR count). The summed E-state index contributed by atoms with van der Waals surface area (Å²) in [5.74, 6) is -0.499. The van der Waals surface area contributed by atoms with E-state index in [9.17, 15) is 31.1 Å². The van der Waals surface area contributed by atoms with Gasteiger partial charge in [0, 0.05) is 28.9 Å². The van der Waals surface area contributed by atoms with E-state index in [0.29, 0.717) is 38.1 Å². The van der Waals surface area contributed by atoms with E-state index in [1.54, 1.807) is 6.92 Å². The molecule has 0 amide bonds. The van der Waals surface area contributed by atoms with E-state index in [0.717, 1.165) is 38.5 Å². The van der Waals surface area contributed by atoms with Gasteiger partial charge in [0.05, 0.1) is 6.61 Å². The van der Waals surface area contributed by atoms with E-state index in [-0.39, 0.29) is 24.3 Å². The van der Waals surface area contributed by atoms with Crippen LogP contribution in [-0.2, 0) is 18.4 Å². The van der Waals surface area contributed by atoms with Crippen molar-refractivity contribution >= 4 is 30.7 Å². The highest BCUT2D eigenvalue weighted by Gasteiger charge is 2.64. The van der Waals surface area contributed by atoms with Crippen LogP contribution >= 0.6 is 0 Å². The van der Waals surface area contributed by atoms with Gasteiger partial charge in [-0.1, -0.05) is 107 Å². The van der Waals surface area contributed by atoms with Crippen LogP contribution in [0.1, 0.15) is 160 Å². The van der Waals surface area contributed by atoms with Crippen molar-refractivity contribution in [3.8, 4) is 0 Å². The molecule has 0 saturated heterocycles. The monoisotopic (exact) mass is 821 g/mol. The third kappa shape index (κ3) is 13.8. The van der Waals surface area contributed by atoms with Crippen LogP contribution in [0, 0.1) is 0 Å². The second-order valence-corrected chi connectivity index (χ2v) is 31.5. The van der Waals surface area contributed by atoms with Crippen molar-refractivity contribution in [3.63, 3.8) is 0 Å². The van der Waals surface area contributed by atoms with Crippen LogP contribution in [0.5, 0.6) is 0 Å². The van der Waals surface area contributed by atoms with Gasteiger partial charge in [-0.3, -0.25) is 0 Å². The Morgan fingerprint density at radius 1 is 0.585 bits per heavy atom. The number of alkyl halides is 6. The van der Waals surface area contributed by atoms with Crippen LogP contribution in [0.15, 0.2) is 12.2 Å². The maximum Gasteiger partial charge on any atom is 0.388 e. The molecule has 0 radical (unpaired) electrons. The Labute approximate surface area is 323 Å². The fourth-order valence-corrected chi connectivity index (χ4v) is 24.8. The summed E-state index contributed by atoms with van der Waals surface area (Å²) < 4.78 is 105. The second-order valence-electron chi connectivity index (χ2n) is 17.5. The average molecular weight is 821 g/mol. The minimum atomic E-state index is -4.34. The van der Waals surface area contributed by atoms with Crippen LogP contribution < -0.4 is 0 Å². The molecular weight excluding hydrogens is 743 g/mol. The van der Waals surface area contributed by atoms with E-state index in [4.69, 9.17) is 13.6 Å². The molecule has 0 aromatic heterocycles. The molecule has 13 heteroatoms. The summed E-state index contributed by atoms with van der Waals surface area (Å²) in [6.07, 6.45) is -2.63. The molecule has 4 nitrogen and oxygen atoms in total. The topological polar surface area (TPSA) is 44.8 Å². The lowest BCUT2D eigenvalue weighted by atomic mass is 10.0. The highest BCUT2D eigenvalue weighted by Crippen LogP contribution is 2.57. The molecule has 316 valence electrons. The SMILES string of the molecule is C=C(C)C(=O)OCCC[Si](C)(C(C)(CC)O[Si](C)(CCC(F)(F)F)[C@@](C)(CC)CCCC)[C@](C)(CC)O[Si](C)(CCC(F)(F)F)C(C)(CC)CCCC. The zero-order chi connectivity index (χ0) is 41.8. The molecule has 0 saturated carbocycles. The van der Waals surface area contributed by atoms with Gasteiger partial charge in [0.2, 0.25) is 0 Å². The summed E-state index contributed by atoms with van der Waals surface area (Å²) in [5, 5.41) is -2.71. The van der Waals surface area contributed by atoms with Gasteiger partial charge in [-0.15, -0.1) is 0 Å². The number of halogens is 6. The van der Waals surface area contributed by atoms with Crippen molar-refractivity contribution in [1.82, 2.24) is 0 Å². The maximum absolute atomic E-state index is 14.1. The van der Waals surface area contributed by atoms with Gasteiger partial charge in [-0.05, 0) is 94.2 Å². The van der Waals surface area contributed by atoms with Gasteiger partial charge in [0.25, 0.3) is 0 Å². The number of esters is 1. The average Bonchev–Trinajstić information content (AvgIpc) is 3.08. The van der Waals surface area contributed by atoms with Crippen LogP contribution in [0.25, 0.3) is 0 Å². The zero-order valence-corrected chi connectivity index (χ0v) is 39.1. The van der Waals surface area contributed by atoms with Crippen molar-refractivity contribution in [2.24, 2.45) is 0 Å². The third-order valence-corrected chi connectivity index (χ3v) is 31.9. The second kappa shape index (κ2) is 20.7. The van der Waals surface area contributed by atoms with Crippen LogP contribution in [0.2, 0.25) is 47.8 Å². The summed E-state index contributed by atoms with van der Waals surface area (Å²) in [7, 11) is -9.57. The standard InChI is InChI=1S/C40H78F6O4Si3/c1-16-22-25-35(9,18-3)52(14,31-27-39(41,42)43)49-37(11,20-5)51(13,30-24-29-48-34(47)33(7)8)38(12,21-6)50-53(15,32-28-40(44,45)46)36(10,19-4)26-23-17-2/h7,16-32H2,1-6,8-15H3/t35-,36?,37?,38+,51?,52?,53?/m0/s1. The lowest BCUT2D eigenvalue weighted by Gasteiger charge is -2.61. The highest BCUT2D eigenvalue weighted by molar-refractivity contribution is 6.87. The summed E-state index contributed by atoms with van der Waals surface area (Å²) in [6.45, 7) is 32.2. The fourth-order valence-electron chi connectivity index (χ4n) is 8.42. The lowest BCUT2D eigenvalue weighted by Crippen LogP contribution is -2.74. The molecule has 0 bridgehead atoms. The molecule has 7 atom stereocenters. The van der Waals surface area contributed by atoms with Gasteiger partial charge in [0.1, 0.15) is 8.07 Å². The van der Waals surface area contributed by atoms with Gasteiger partial charge in [0.15, 0.2) is 16.6 Å². The Kier molecular flexibility index (Phi) is 20.4. The lowest BCUT2D eigenvalue weighted by molar-refractivity contribution is -0.139. The minimum absolute atomic E-state index is 0.0759. The van der Waals surface area contributed by atoms with E-state index >= 15 is 0 Å². The molecule has 0 fully saturated rings. The molecule has 0 aromatic rings. The van der Waals surface area contributed by atoms with Gasteiger partial charge < -0.3 is 13.6 Å². The first-order valence-electron chi connectivity index (χ1n) is 20.4. The number of carbonyl (C=O) groups excluding carboxylic acids is 1. The molecule has 0 aliphatic heterocycles. The first-order chi connectivity index (χ1) is 24.0. The number of ether oxygens (including phenoxy) is 1. The molecule has 0 aliphatic carbocycles. The zero-order valence-electron chi connectivity index (χ0n) is 36.1. The Bertz CT molecular complexity index is 1070. The number of hydrogen-bond acceptors (Lipinski definition) is 4. The van der Waals surface area contributed by atoms with Gasteiger partial charge >= 0.3 is 18.3 Å². The Balaban J connectivity index is 7.85. The fraction of sp³-hybridized carbons (Fsp3) is 0.925. The van der Waals surface area contributed by atoms with Gasteiger partial charge in [-0.2, -0.15) is 26.3 Å². The largest absolute Gasteiger partial charge is 0.462 e. The van der Waals surface area contributed by atoms with Crippen molar-refractivity contribution in [1.29, 1.82) is 0 Å². The Hall–Kier alpha value is -0.639. The first kappa shape index (κ1) is 52.4. The predicted octanol–water partition coefficient (Wildman–Crippen LogP) is 14.8. The van der Waals surface area contributed by atoms with E-state index in [1.807, 2.05) is 40.8 Å². The first-order valence-corrected chi connectivity index (χ1v) is 28.3. The normalized spacial score (nSPS) is 20.8. The quantitative estimate of drug-likeness (QED) is 0.0272. The van der Waals surface area contributed by atoms with Crippen molar-refractivity contribution < 1.29 is 44.7 Å². The Morgan fingerprint density at radius 3 is 1.21 bits per heavy atom.